The number of hydrogen-bond acceptors (Lipinski definition) is 3. The third-order valence-electron chi connectivity index (χ3n) is 3.52. The van der Waals surface area contributed by atoms with Crippen molar-refractivity contribution >= 4 is 6.09 Å². The molecular formula is C15H21NO3. The maximum absolute atomic E-state index is 11.9. The van der Waals surface area contributed by atoms with Gasteiger partial charge in [-0.15, -0.1) is 0 Å². The molecule has 0 radical (unpaired) electrons. The number of carbonyl (C=O) groups excluding carboxylic acids is 1. The van der Waals surface area contributed by atoms with E-state index in [0.717, 1.165) is 37.9 Å². The summed E-state index contributed by atoms with van der Waals surface area (Å²) in [6.45, 7) is 2.09. The van der Waals surface area contributed by atoms with Gasteiger partial charge in [-0.3, -0.25) is 0 Å². The lowest BCUT2D eigenvalue weighted by atomic mass is 10.0. The summed E-state index contributed by atoms with van der Waals surface area (Å²) in [7, 11) is 0. The van der Waals surface area contributed by atoms with Gasteiger partial charge in [0.15, 0.2) is 0 Å². The zero-order valence-corrected chi connectivity index (χ0v) is 11.1. The number of amides is 1. The van der Waals surface area contributed by atoms with E-state index in [0.29, 0.717) is 12.5 Å². The van der Waals surface area contributed by atoms with Crippen LogP contribution >= 0.6 is 0 Å². The van der Waals surface area contributed by atoms with Gasteiger partial charge < -0.3 is 14.7 Å². The van der Waals surface area contributed by atoms with E-state index in [1.165, 1.54) is 0 Å². The normalized spacial score (nSPS) is 18.6. The monoisotopic (exact) mass is 263 g/mol. The largest absolute Gasteiger partial charge is 0.445 e. The fourth-order valence-corrected chi connectivity index (χ4v) is 2.42. The third-order valence-corrected chi connectivity index (χ3v) is 3.52. The van der Waals surface area contributed by atoms with Gasteiger partial charge in [-0.05, 0) is 30.7 Å². The van der Waals surface area contributed by atoms with Crippen LogP contribution in [0.4, 0.5) is 4.79 Å². The Kier molecular flexibility index (Phi) is 5.21. The molecule has 1 aromatic rings. The van der Waals surface area contributed by atoms with Crippen molar-refractivity contribution < 1.29 is 14.6 Å². The summed E-state index contributed by atoms with van der Waals surface area (Å²) in [5, 5.41) is 8.81. The topological polar surface area (TPSA) is 49.8 Å². The van der Waals surface area contributed by atoms with Crippen LogP contribution in [-0.2, 0) is 11.3 Å². The lowest BCUT2D eigenvalue weighted by molar-refractivity contribution is 0.103. The van der Waals surface area contributed by atoms with E-state index < -0.39 is 0 Å². The molecule has 2 rings (SSSR count). The highest BCUT2D eigenvalue weighted by Gasteiger charge is 2.26. The molecule has 0 bridgehead atoms. The van der Waals surface area contributed by atoms with Crippen molar-refractivity contribution in [1.29, 1.82) is 0 Å². The number of carbonyl (C=O) groups is 1. The van der Waals surface area contributed by atoms with Crippen LogP contribution in [-0.4, -0.2) is 35.8 Å². The highest BCUT2D eigenvalue weighted by atomic mass is 16.6. The van der Waals surface area contributed by atoms with Crippen molar-refractivity contribution in [2.75, 3.05) is 19.7 Å². The van der Waals surface area contributed by atoms with Gasteiger partial charge in [0, 0.05) is 19.7 Å². The van der Waals surface area contributed by atoms with Gasteiger partial charge in [-0.1, -0.05) is 30.3 Å². The molecule has 1 amide bonds. The Hall–Kier alpha value is -1.55. The zero-order valence-electron chi connectivity index (χ0n) is 11.1. The van der Waals surface area contributed by atoms with Gasteiger partial charge in [0.25, 0.3) is 0 Å². The summed E-state index contributed by atoms with van der Waals surface area (Å²) >= 11 is 0. The number of likely N-dealkylation sites (tertiary alicyclic amines) is 1. The van der Waals surface area contributed by atoms with Gasteiger partial charge >= 0.3 is 6.09 Å². The Bertz CT molecular complexity index is 394. The first kappa shape index (κ1) is 13.9. The molecule has 0 spiro atoms. The molecule has 1 atom stereocenters. The molecule has 1 aromatic carbocycles. The number of benzene rings is 1. The maximum atomic E-state index is 11.9. The Morgan fingerprint density at radius 2 is 2.16 bits per heavy atom. The minimum absolute atomic E-state index is 0.227. The van der Waals surface area contributed by atoms with E-state index in [1.807, 2.05) is 30.3 Å². The highest BCUT2D eigenvalue weighted by Crippen LogP contribution is 2.21. The second-order valence-electron chi connectivity index (χ2n) is 5.01. The van der Waals surface area contributed by atoms with Crippen molar-refractivity contribution in [3.05, 3.63) is 35.9 Å². The molecule has 0 saturated carbocycles. The Balaban J connectivity index is 1.72. The second kappa shape index (κ2) is 7.14. The van der Waals surface area contributed by atoms with Gasteiger partial charge in [0.2, 0.25) is 0 Å². The minimum atomic E-state index is -0.227. The van der Waals surface area contributed by atoms with Crippen molar-refractivity contribution in [1.82, 2.24) is 4.90 Å². The molecule has 4 nitrogen and oxygen atoms in total. The van der Waals surface area contributed by atoms with E-state index >= 15 is 0 Å². The summed E-state index contributed by atoms with van der Waals surface area (Å²) in [6.07, 6.45) is 2.59. The number of hydrogen-bond donors (Lipinski definition) is 1. The molecule has 1 unspecified atom stereocenters. The van der Waals surface area contributed by atoms with E-state index in [1.54, 1.807) is 4.90 Å². The van der Waals surface area contributed by atoms with Crippen LogP contribution in [0.15, 0.2) is 30.3 Å². The average Bonchev–Trinajstić information content (AvgIpc) is 2.92. The number of aliphatic hydroxyl groups is 1. The maximum Gasteiger partial charge on any atom is 0.410 e. The first-order valence-corrected chi connectivity index (χ1v) is 6.86. The minimum Gasteiger partial charge on any atom is -0.445 e. The van der Waals surface area contributed by atoms with Crippen LogP contribution < -0.4 is 0 Å². The molecule has 0 aliphatic carbocycles. The summed E-state index contributed by atoms with van der Waals surface area (Å²) in [4.78, 5) is 13.7. The predicted octanol–water partition coefficient (Wildman–Crippen LogP) is 2.42. The smallest absolute Gasteiger partial charge is 0.410 e. The molecule has 1 aliphatic heterocycles. The lowest BCUT2D eigenvalue weighted by Gasteiger charge is -2.16. The lowest BCUT2D eigenvalue weighted by Crippen LogP contribution is -2.29. The molecule has 1 saturated heterocycles. The highest BCUT2D eigenvalue weighted by molar-refractivity contribution is 5.68. The molecule has 104 valence electrons. The van der Waals surface area contributed by atoms with Crippen LogP contribution in [0.1, 0.15) is 24.8 Å². The van der Waals surface area contributed by atoms with Crippen molar-refractivity contribution in [3.8, 4) is 0 Å². The molecule has 1 fully saturated rings. The SMILES string of the molecule is O=C(OCc1ccccc1)N1CCC(CCCO)C1. The zero-order chi connectivity index (χ0) is 13.5. The van der Waals surface area contributed by atoms with E-state index in [9.17, 15) is 4.79 Å². The summed E-state index contributed by atoms with van der Waals surface area (Å²) < 4.78 is 5.30. The standard InChI is InChI=1S/C15H21NO3/c17-10-4-7-13-8-9-16(11-13)15(18)19-12-14-5-2-1-3-6-14/h1-3,5-6,13,17H,4,7-12H2. The van der Waals surface area contributed by atoms with Gasteiger partial charge in [0.05, 0.1) is 0 Å². The van der Waals surface area contributed by atoms with Gasteiger partial charge in [0.1, 0.15) is 6.61 Å². The molecule has 19 heavy (non-hydrogen) atoms. The average molecular weight is 263 g/mol. The second-order valence-corrected chi connectivity index (χ2v) is 5.01. The summed E-state index contributed by atoms with van der Waals surface area (Å²) in [5.74, 6) is 0.511. The van der Waals surface area contributed by atoms with E-state index in [4.69, 9.17) is 9.84 Å². The summed E-state index contributed by atoms with van der Waals surface area (Å²) in [5.41, 5.74) is 1.01. The van der Waals surface area contributed by atoms with Gasteiger partial charge in [-0.2, -0.15) is 0 Å². The van der Waals surface area contributed by atoms with E-state index in [2.05, 4.69) is 0 Å². The predicted molar refractivity (Wildman–Crippen MR) is 72.6 cm³/mol. The van der Waals surface area contributed by atoms with Crippen LogP contribution in [0.25, 0.3) is 0 Å². The number of nitrogens with zero attached hydrogens (tertiary/aromatic N) is 1. The molecule has 1 heterocycles. The van der Waals surface area contributed by atoms with Crippen LogP contribution in [0.5, 0.6) is 0 Å². The molecule has 1 aliphatic rings. The number of aliphatic hydroxyl groups excluding tert-OH is 1. The van der Waals surface area contributed by atoms with Crippen molar-refractivity contribution in [2.24, 2.45) is 5.92 Å². The van der Waals surface area contributed by atoms with Gasteiger partial charge in [-0.25, -0.2) is 4.79 Å². The molecule has 1 N–H and O–H groups in total. The van der Waals surface area contributed by atoms with Crippen LogP contribution in [0.3, 0.4) is 0 Å². The van der Waals surface area contributed by atoms with Crippen molar-refractivity contribution in [3.63, 3.8) is 0 Å². The third kappa shape index (κ3) is 4.24. The van der Waals surface area contributed by atoms with Crippen molar-refractivity contribution in [2.45, 2.75) is 25.9 Å². The fourth-order valence-electron chi connectivity index (χ4n) is 2.42. The number of ether oxygens (including phenoxy) is 1. The van der Waals surface area contributed by atoms with Crippen LogP contribution in [0.2, 0.25) is 0 Å². The molecule has 4 heteroatoms. The quantitative estimate of drug-likeness (QED) is 0.887. The first-order chi connectivity index (χ1) is 9.29. The Morgan fingerprint density at radius 1 is 1.37 bits per heavy atom. The first-order valence-electron chi connectivity index (χ1n) is 6.86. The Morgan fingerprint density at radius 3 is 2.89 bits per heavy atom. The molecule has 0 aromatic heterocycles. The van der Waals surface area contributed by atoms with Crippen LogP contribution in [0, 0.1) is 5.92 Å². The number of rotatable bonds is 5. The fraction of sp³-hybridized carbons (Fsp3) is 0.533. The Labute approximate surface area is 114 Å². The summed E-state index contributed by atoms with van der Waals surface area (Å²) in [6, 6.07) is 9.70. The molecular weight excluding hydrogens is 242 g/mol. The van der Waals surface area contributed by atoms with E-state index in [-0.39, 0.29) is 12.7 Å².